The van der Waals surface area contributed by atoms with E-state index in [9.17, 15) is 5.11 Å². The number of anilines is 2. The molecule has 0 atom stereocenters. The summed E-state index contributed by atoms with van der Waals surface area (Å²) in [7, 11) is 0. The van der Waals surface area contributed by atoms with Crippen LogP contribution in [0.5, 0.6) is 0 Å². The van der Waals surface area contributed by atoms with Gasteiger partial charge < -0.3 is 16.2 Å². The zero-order valence-corrected chi connectivity index (χ0v) is 12.5. The first-order chi connectivity index (χ1) is 11.3. The van der Waals surface area contributed by atoms with E-state index in [2.05, 4.69) is 20.3 Å². The van der Waals surface area contributed by atoms with Crippen LogP contribution in [-0.4, -0.2) is 20.1 Å². The molecule has 23 heavy (non-hydrogen) atoms. The number of pyridine rings is 1. The number of benzene rings is 1. The highest BCUT2D eigenvalue weighted by Crippen LogP contribution is 2.24. The maximum absolute atomic E-state index is 9.46. The fourth-order valence-corrected chi connectivity index (χ4v) is 2.25. The molecule has 0 unspecified atom stereocenters. The Labute approximate surface area is 134 Å². The molecule has 4 N–H and O–H groups in total. The maximum Gasteiger partial charge on any atom is 0.169 e. The Bertz CT molecular complexity index is 792. The lowest BCUT2D eigenvalue weighted by molar-refractivity contribution is 0.282. The van der Waals surface area contributed by atoms with E-state index in [0.29, 0.717) is 23.9 Å². The maximum atomic E-state index is 9.46. The van der Waals surface area contributed by atoms with E-state index in [-0.39, 0.29) is 6.61 Å². The van der Waals surface area contributed by atoms with Crippen molar-refractivity contribution in [3.8, 4) is 11.3 Å². The van der Waals surface area contributed by atoms with Crippen LogP contribution in [0.1, 0.15) is 11.1 Å². The lowest BCUT2D eigenvalue weighted by Crippen LogP contribution is -2.07. The molecule has 0 fully saturated rings. The summed E-state index contributed by atoms with van der Waals surface area (Å²) in [5.41, 5.74) is 9.22. The number of nitrogens with one attached hydrogen (secondary N) is 1. The smallest absolute Gasteiger partial charge is 0.169 e. The summed E-state index contributed by atoms with van der Waals surface area (Å²) in [6, 6.07) is 11.4. The molecule has 0 aliphatic heterocycles. The van der Waals surface area contributed by atoms with Gasteiger partial charge in [-0.05, 0) is 17.2 Å². The molecule has 3 rings (SSSR count). The van der Waals surface area contributed by atoms with E-state index in [1.807, 2.05) is 36.4 Å². The number of hydrogen-bond acceptors (Lipinski definition) is 6. The standard InChI is InChI=1S/C17H17N5O/c18-16-17(21-9-12-4-3-7-19-8-12)22-15(10-20-16)14-6-2-1-5-13(14)11-23/h1-8,10,23H,9,11H2,(H2,18,20)(H,21,22). The first kappa shape index (κ1) is 14.9. The Morgan fingerprint density at radius 2 is 1.96 bits per heavy atom. The van der Waals surface area contributed by atoms with Gasteiger partial charge in [-0.3, -0.25) is 4.98 Å². The third kappa shape index (κ3) is 3.44. The molecule has 2 heterocycles. The van der Waals surface area contributed by atoms with Crippen LogP contribution >= 0.6 is 0 Å². The number of aliphatic hydroxyl groups excluding tert-OH is 1. The molecule has 0 saturated heterocycles. The molecule has 0 amide bonds. The molecule has 116 valence electrons. The first-order valence-corrected chi connectivity index (χ1v) is 7.22. The Morgan fingerprint density at radius 1 is 1.09 bits per heavy atom. The van der Waals surface area contributed by atoms with E-state index < -0.39 is 0 Å². The third-order valence-corrected chi connectivity index (χ3v) is 3.45. The van der Waals surface area contributed by atoms with E-state index in [1.54, 1.807) is 18.6 Å². The number of hydrogen-bond donors (Lipinski definition) is 3. The van der Waals surface area contributed by atoms with Crippen LogP contribution in [0, 0.1) is 0 Å². The summed E-state index contributed by atoms with van der Waals surface area (Å²) < 4.78 is 0. The van der Waals surface area contributed by atoms with Crippen molar-refractivity contribution in [3.63, 3.8) is 0 Å². The molecule has 0 aliphatic carbocycles. The molecule has 6 nitrogen and oxygen atoms in total. The Kier molecular flexibility index (Phi) is 4.44. The van der Waals surface area contributed by atoms with Gasteiger partial charge in [-0.1, -0.05) is 30.3 Å². The second-order valence-corrected chi connectivity index (χ2v) is 5.02. The van der Waals surface area contributed by atoms with Crippen molar-refractivity contribution in [2.24, 2.45) is 0 Å². The molecular weight excluding hydrogens is 290 g/mol. The predicted octanol–water partition coefficient (Wildman–Crippen LogP) is 2.23. The summed E-state index contributed by atoms with van der Waals surface area (Å²) >= 11 is 0. The largest absolute Gasteiger partial charge is 0.392 e. The Morgan fingerprint density at radius 3 is 2.74 bits per heavy atom. The second kappa shape index (κ2) is 6.85. The highest BCUT2D eigenvalue weighted by molar-refractivity contribution is 5.67. The van der Waals surface area contributed by atoms with Crippen LogP contribution in [-0.2, 0) is 13.2 Å². The lowest BCUT2D eigenvalue weighted by atomic mass is 10.1. The zero-order chi connectivity index (χ0) is 16.1. The van der Waals surface area contributed by atoms with E-state index in [4.69, 9.17) is 5.73 Å². The lowest BCUT2D eigenvalue weighted by Gasteiger charge is -2.11. The van der Waals surface area contributed by atoms with Crippen molar-refractivity contribution < 1.29 is 5.11 Å². The van der Waals surface area contributed by atoms with Crippen LogP contribution < -0.4 is 11.1 Å². The summed E-state index contributed by atoms with van der Waals surface area (Å²) in [6.07, 6.45) is 5.12. The van der Waals surface area contributed by atoms with Crippen molar-refractivity contribution in [1.29, 1.82) is 0 Å². The van der Waals surface area contributed by atoms with E-state index in [0.717, 1.165) is 16.7 Å². The van der Waals surface area contributed by atoms with Gasteiger partial charge in [-0.15, -0.1) is 0 Å². The molecule has 6 heteroatoms. The predicted molar refractivity (Wildman–Crippen MR) is 89.4 cm³/mol. The number of aromatic nitrogens is 3. The summed E-state index contributed by atoms with van der Waals surface area (Å²) in [4.78, 5) is 12.8. The van der Waals surface area contributed by atoms with Crippen LogP contribution in [0.15, 0.2) is 55.0 Å². The van der Waals surface area contributed by atoms with Gasteiger partial charge in [0.2, 0.25) is 0 Å². The van der Waals surface area contributed by atoms with Gasteiger partial charge in [0.25, 0.3) is 0 Å². The van der Waals surface area contributed by atoms with Crippen molar-refractivity contribution in [1.82, 2.24) is 15.0 Å². The number of nitrogens with two attached hydrogens (primary N) is 1. The zero-order valence-electron chi connectivity index (χ0n) is 12.5. The average Bonchev–Trinajstić information content (AvgIpc) is 2.62. The van der Waals surface area contributed by atoms with Gasteiger partial charge in [-0.25, -0.2) is 9.97 Å². The average molecular weight is 307 g/mol. The molecule has 3 aromatic rings. The first-order valence-electron chi connectivity index (χ1n) is 7.22. The van der Waals surface area contributed by atoms with Gasteiger partial charge in [0.15, 0.2) is 11.6 Å². The fourth-order valence-electron chi connectivity index (χ4n) is 2.25. The summed E-state index contributed by atoms with van der Waals surface area (Å²) in [5, 5.41) is 12.6. The van der Waals surface area contributed by atoms with Gasteiger partial charge in [0.1, 0.15) is 0 Å². The molecule has 1 aromatic carbocycles. The molecule has 0 aliphatic rings. The van der Waals surface area contributed by atoms with E-state index in [1.165, 1.54) is 0 Å². The highest BCUT2D eigenvalue weighted by Gasteiger charge is 2.09. The minimum Gasteiger partial charge on any atom is -0.392 e. The van der Waals surface area contributed by atoms with Gasteiger partial charge in [0.05, 0.1) is 18.5 Å². The third-order valence-electron chi connectivity index (χ3n) is 3.45. The Hall–Kier alpha value is -2.99. The molecule has 0 bridgehead atoms. The van der Waals surface area contributed by atoms with Crippen LogP contribution in [0.3, 0.4) is 0 Å². The van der Waals surface area contributed by atoms with E-state index >= 15 is 0 Å². The number of nitrogen functional groups attached to an aromatic ring is 1. The van der Waals surface area contributed by atoms with Gasteiger partial charge in [-0.2, -0.15) is 0 Å². The SMILES string of the molecule is Nc1ncc(-c2ccccc2CO)nc1NCc1cccnc1. The Balaban J connectivity index is 1.87. The van der Waals surface area contributed by atoms with Crippen molar-refractivity contribution in [2.45, 2.75) is 13.2 Å². The molecular formula is C17H17N5O. The summed E-state index contributed by atoms with van der Waals surface area (Å²) in [5.74, 6) is 0.846. The number of aliphatic hydroxyl groups is 1. The van der Waals surface area contributed by atoms with Gasteiger partial charge >= 0.3 is 0 Å². The number of rotatable bonds is 5. The quantitative estimate of drug-likeness (QED) is 0.669. The monoisotopic (exact) mass is 307 g/mol. The minimum atomic E-state index is -0.0549. The number of nitrogens with zero attached hydrogens (tertiary/aromatic N) is 3. The van der Waals surface area contributed by atoms with Gasteiger partial charge in [0, 0.05) is 24.5 Å². The molecule has 2 aromatic heterocycles. The molecule has 0 spiro atoms. The highest BCUT2D eigenvalue weighted by atomic mass is 16.3. The van der Waals surface area contributed by atoms with Crippen molar-refractivity contribution >= 4 is 11.6 Å². The molecule has 0 saturated carbocycles. The molecule has 0 radical (unpaired) electrons. The fraction of sp³-hybridized carbons (Fsp3) is 0.118. The summed E-state index contributed by atoms with van der Waals surface area (Å²) in [6.45, 7) is 0.499. The van der Waals surface area contributed by atoms with Crippen LogP contribution in [0.25, 0.3) is 11.3 Å². The van der Waals surface area contributed by atoms with Crippen molar-refractivity contribution in [3.05, 3.63) is 66.1 Å². The van der Waals surface area contributed by atoms with Crippen molar-refractivity contribution in [2.75, 3.05) is 11.1 Å². The normalized spacial score (nSPS) is 10.5. The topological polar surface area (TPSA) is 97.0 Å². The van der Waals surface area contributed by atoms with Crippen LogP contribution in [0.4, 0.5) is 11.6 Å². The second-order valence-electron chi connectivity index (χ2n) is 5.02. The minimum absolute atomic E-state index is 0.0549. The van der Waals surface area contributed by atoms with Crippen LogP contribution in [0.2, 0.25) is 0 Å².